The molecular formula is C10H15N5O3S. The summed E-state index contributed by atoms with van der Waals surface area (Å²) < 4.78 is 33.0. The van der Waals surface area contributed by atoms with Crippen molar-refractivity contribution < 1.29 is 12.9 Å². The van der Waals surface area contributed by atoms with Gasteiger partial charge in [0.15, 0.2) is 6.33 Å². The first kappa shape index (κ1) is 13.7. The highest BCUT2D eigenvalue weighted by Crippen LogP contribution is 2.12. The summed E-state index contributed by atoms with van der Waals surface area (Å²) in [6.07, 6.45) is 3.14. The molecule has 0 atom stereocenters. The summed E-state index contributed by atoms with van der Waals surface area (Å²) in [5.41, 5.74) is 6.26. The van der Waals surface area contributed by atoms with Gasteiger partial charge in [-0.15, -0.1) is 0 Å². The van der Waals surface area contributed by atoms with Crippen LogP contribution in [0.25, 0.3) is 0 Å². The molecule has 2 aromatic rings. The van der Waals surface area contributed by atoms with Crippen molar-refractivity contribution in [1.29, 1.82) is 0 Å². The molecule has 2 rings (SSSR count). The lowest BCUT2D eigenvalue weighted by Gasteiger charge is -2.02. The molecule has 104 valence electrons. The summed E-state index contributed by atoms with van der Waals surface area (Å²) in [5.74, 6) is 0.387. The molecule has 0 bridgehead atoms. The van der Waals surface area contributed by atoms with E-state index < -0.39 is 10.0 Å². The summed E-state index contributed by atoms with van der Waals surface area (Å²) >= 11 is 0. The lowest BCUT2D eigenvalue weighted by atomic mass is 10.4. The minimum atomic E-state index is -3.54. The molecule has 19 heavy (non-hydrogen) atoms. The van der Waals surface area contributed by atoms with Crippen LogP contribution in [0.4, 0.5) is 0 Å². The monoisotopic (exact) mass is 285 g/mol. The molecule has 0 saturated carbocycles. The van der Waals surface area contributed by atoms with E-state index in [0.29, 0.717) is 12.3 Å². The molecule has 0 radical (unpaired) electrons. The van der Waals surface area contributed by atoms with E-state index in [1.807, 2.05) is 0 Å². The van der Waals surface area contributed by atoms with E-state index in [4.69, 9.17) is 10.3 Å². The van der Waals surface area contributed by atoms with Gasteiger partial charge in [0.05, 0.1) is 4.90 Å². The Balaban J connectivity index is 2.01. The van der Waals surface area contributed by atoms with Crippen LogP contribution in [0.3, 0.4) is 0 Å². The van der Waals surface area contributed by atoms with Crippen molar-refractivity contribution in [2.75, 3.05) is 6.54 Å². The maximum absolute atomic E-state index is 12.0. The third-order valence-corrected chi connectivity index (χ3v) is 4.07. The van der Waals surface area contributed by atoms with Gasteiger partial charge in [0.1, 0.15) is 0 Å². The van der Waals surface area contributed by atoms with E-state index in [1.54, 1.807) is 17.7 Å². The lowest BCUT2D eigenvalue weighted by Crippen LogP contribution is -2.25. The van der Waals surface area contributed by atoms with Gasteiger partial charge in [-0.25, -0.2) is 13.1 Å². The van der Waals surface area contributed by atoms with Crippen molar-refractivity contribution in [3.05, 3.63) is 30.2 Å². The number of aromatic nitrogens is 3. The van der Waals surface area contributed by atoms with E-state index in [0.717, 1.165) is 5.69 Å². The molecule has 0 unspecified atom stereocenters. The molecule has 0 amide bonds. The van der Waals surface area contributed by atoms with Crippen LogP contribution in [0.1, 0.15) is 11.6 Å². The predicted molar refractivity (Wildman–Crippen MR) is 66.5 cm³/mol. The van der Waals surface area contributed by atoms with Crippen molar-refractivity contribution in [3.8, 4) is 0 Å². The molecule has 0 aliphatic heterocycles. The van der Waals surface area contributed by atoms with E-state index in [2.05, 4.69) is 14.9 Å². The maximum Gasteiger partial charge on any atom is 0.242 e. The number of hydrogen-bond donors (Lipinski definition) is 2. The van der Waals surface area contributed by atoms with Crippen LogP contribution in [0.2, 0.25) is 0 Å². The van der Waals surface area contributed by atoms with Crippen LogP contribution in [-0.4, -0.2) is 29.7 Å². The van der Waals surface area contributed by atoms with Crippen LogP contribution >= 0.6 is 0 Å². The highest BCUT2D eigenvalue weighted by atomic mass is 32.2. The van der Waals surface area contributed by atoms with Gasteiger partial charge in [0, 0.05) is 38.4 Å². The molecule has 2 heterocycles. The average molecular weight is 285 g/mol. The first-order chi connectivity index (χ1) is 9.03. The minimum Gasteiger partial charge on any atom is -0.352 e. The molecule has 0 spiro atoms. The van der Waals surface area contributed by atoms with Gasteiger partial charge < -0.3 is 14.8 Å². The molecule has 2 aromatic heterocycles. The van der Waals surface area contributed by atoms with E-state index in [9.17, 15) is 8.42 Å². The number of hydrogen-bond acceptors (Lipinski definition) is 6. The van der Waals surface area contributed by atoms with E-state index >= 15 is 0 Å². The Morgan fingerprint density at radius 3 is 2.89 bits per heavy atom. The second kappa shape index (κ2) is 5.51. The molecule has 9 heteroatoms. The third-order valence-electron chi connectivity index (χ3n) is 2.64. The fourth-order valence-corrected chi connectivity index (χ4v) is 2.73. The number of nitrogens with two attached hydrogens (primary N) is 1. The first-order valence-corrected chi connectivity index (χ1v) is 7.12. The third kappa shape index (κ3) is 3.19. The van der Waals surface area contributed by atoms with Crippen LogP contribution in [-0.2, 0) is 30.0 Å². The molecule has 3 N–H and O–H groups in total. The normalized spacial score (nSPS) is 11.9. The fourth-order valence-electron chi connectivity index (χ4n) is 1.61. The zero-order valence-electron chi connectivity index (χ0n) is 10.4. The Morgan fingerprint density at radius 1 is 1.53 bits per heavy atom. The van der Waals surface area contributed by atoms with Gasteiger partial charge >= 0.3 is 0 Å². The van der Waals surface area contributed by atoms with Crippen molar-refractivity contribution in [2.45, 2.75) is 17.9 Å². The summed E-state index contributed by atoms with van der Waals surface area (Å²) in [6.45, 7) is 0.478. The zero-order valence-corrected chi connectivity index (χ0v) is 11.2. The Morgan fingerprint density at radius 2 is 2.32 bits per heavy atom. The molecule has 0 fully saturated rings. The number of nitrogens with one attached hydrogen (secondary N) is 1. The maximum atomic E-state index is 12.0. The van der Waals surface area contributed by atoms with Gasteiger partial charge in [0.2, 0.25) is 15.9 Å². The molecule has 0 aromatic carbocycles. The Kier molecular flexibility index (Phi) is 3.98. The zero-order chi connectivity index (χ0) is 13.9. The van der Waals surface area contributed by atoms with Gasteiger partial charge in [0.25, 0.3) is 0 Å². The Hall–Kier alpha value is -1.71. The Labute approximate surface area is 110 Å². The van der Waals surface area contributed by atoms with Crippen LogP contribution < -0.4 is 10.5 Å². The first-order valence-electron chi connectivity index (χ1n) is 5.63. The highest BCUT2D eigenvalue weighted by molar-refractivity contribution is 7.89. The number of sulfonamides is 1. The van der Waals surface area contributed by atoms with Crippen LogP contribution in [0, 0.1) is 0 Å². The summed E-state index contributed by atoms with van der Waals surface area (Å²) in [6, 6.07) is 1.55. The Bertz CT molecular complexity index is 632. The standard InChI is InChI=1S/C10H15N5O3S/c1-15-6-9(4-8(15)5-11)19(16,17)14-3-2-10-12-7-13-18-10/h4,6-7,14H,2-3,5,11H2,1H3. The van der Waals surface area contributed by atoms with Gasteiger partial charge in [-0.2, -0.15) is 4.98 Å². The van der Waals surface area contributed by atoms with Gasteiger partial charge in [-0.1, -0.05) is 5.16 Å². The summed E-state index contributed by atoms with van der Waals surface area (Å²) in [7, 11) is -1.79. The quantitative estimate of drug-likeness (QED) is 0.731. The van der Waals surface area contributed by atoms with Crippen molar-refractivity contribution in [2.24, 2.45) is 12.8 Å². The molecular weight excluding hydrogens is 270 g/mol. The van der Waals surface area contributed by atoms with Gasteiger partial charge in [-0.05, 0) is 6.07 Å². The SMILES string of the molecule is Cn1cc(S(=O)(=O)NCCc2ncno2)cc1CN. The highest BCUT2D eigenvalue weighted by Gasteiger charge is 2.17. The lowest BCUT2D eigenvalue weighted by molar-refractivity contribution is 0.377. The van der Waals surface area contributed by atoms with Crippen LogP contribution in [0.5, 0.6) is 0 Å². The molecule has 0 aliphatic carbocycles. The molecule has 0 saturated heterocycles. The van der Waals surface area contributed by atoms with Crippen molar-refractivity contribution >= 4 is 10.0 Å². The topological polar surface area (TPSA) is 116 Å². The number of aryl methyl sites for hydroxylation is 1. The van der Waals surface area contributed by atoms with E-state index in [1.165, 1.54) is 12.5 Å². The summed E-state index contributed by atoms with van der Waals surface area (Å²) in [4.78, 5) is 4.00. The fraction of sp³-hybridized carbons (Fsp3) is 0.400. The number of rotatable bonds is 6. The predicted octanol–water partition coefficient (Wildman–Crippen LogP) is -0.612. The van der Waals surface area contributed by atoms with E-state index in [-0.39, 0.29) is 18.0 Å². The minimum absolute atomic E-state index is 0.192. The largest absolute Gasteiger partial charge is 0.352 e. The number of nitrogens with zero attached hydrogens (tertiary/aromatic N) is 3. The second-order valence-electron chi connectivity index (χ2n) is 3.96. The van der Waals surface area contributed by atoms with Crippen LogP contribution in [0.15, 0.2) is 28.0 Å². The van der Waals surface area contributed by atoms with Crippen molar-refractivity contribution in [3.63, 3.8) is 0 Å². The average Bonchev–Trinajstić information content (AvgIpc) is 2.98. The second-order valence-corrected chi connectivity index (χ2v) is 5.73. The van der Waals surface area contributed by atoms with Crippen molar-refractivity contribution in [1.82, 2.24) is 19.4 Å². The smallest absolute Gasteiger partial charge is 0.242 e. The van der Waals surface area contributed by atoms with Gasteiger partial charge in [-0.3, -0.25) is 0 Å². The molecule has 0 aliphatic rings. The summed E-state index contributed by atoms with van der Waals surface area (Å²) in [5, 5.41) is 3.44. The molecule has 8 nitrogen and oxygen atoms in total.